The molecule has 0 unspecified atom stereocenters. The molecule has 124 valence electrons. The van der Waals surface area contributed by atoms with Crippen LogP contribution in [0.1, 0.15) is 48.5 Å². The first kappa shape index (κ1) is 16.0. The molecule has 1 N–H and O–H groups in total. The number of hydrogen-bond donors (Lipinski definition) is 1. The molecule has 0 aromatic heterocycles. The average molecular weight is 317 g/mol. The normalized spacial score (nSPS) is 30.6. The van der Waals surface area contributed by atoms with E-state index >= 15 is 0 Å². The first-order valence-corrected chi connectivity index (χ1v) is 8.21. The Morgan fingerprint density at radius 2 is 1.91 bits per heavy atom. The zero-order chi connectivity index (χ0) is 16.6. The van der Waals surface area contributed by atoms with Crippen molar-refractivity contribution in [3.8, 4) is 0 Å². The molecule has 2 fully saturated rings. The van der Waals surface area contributed by atoms with E-state index in [1.807, 2.05) is 25.1 Å². The molecule has 1 heterocycles. The summed E-state index contributed by atoms with van der Waals surface area (Å²) >= 11 is 0. The Hall–Kier alpha value is -1.88. The lowest BCUT2D eigenvalue weighted by atomic mass is 9.83. The molecule has 1 atom stereocenters. The van der Waals surface area contributed by atoms with E-state index in [1.54, 1.807) is 6.07 Å². The summed E-state index contributed by atoms with van der Waals surface area (Å²) in [4.78, 5) is 26.3. The summed E-state index contributed by atoms with van der Waals surface area (Å²) in [6, 6.07) is 6.40. The van der Waals surface area contributed by atoms with Gasteiger partial charge < -0.3 is 9.84 Å². The maximum absolute atomic E-state index is 13.1. The smallest absolute Gasteiger partial charge is 0.328 e. The molecular weight excluding hydrogens is 294 g/mol. The molecule has 5 heteroatoms. The zero-order valence-electron chi connectivity index (χ0n) is 13.6. The Balaban J connectivity index is 1.98. The summed E-state index contributed by atoms with van der Waals surface area (Å²) in [5, 5.41) is 9.54. The third-order valence-electron chi connectivity index (χ3n) is 5.20. The number of carboxylic acids is 1. The second-order valence-corrected chi connectivity index (χ2v) is 6.78. The van der Waals surface area contributed by atoms with Gasteiger partial charge in [-0.3, -0.25) is 9.69 Å². The molecule has 1 aromatic carbocycles. The Morgan fingerprint density at radius 1 is 1.26 bits per heavy atom. The molecule has 3 rings (SSSR count). The highest BCUT2D eigenvalue weighted by atomic mass is 16.5. The van der Waals surface area contributed by atoms with Gasteiger partial charge in [-0.05, 0) is 50.2 Å². The molecule has 1 aliphatic carbocycles. The molecule has 1 spiro atoms. The number of carbonyl (C=O) groups is 2. The second kappa shape index (κ2) is 5.96. The van der Waals surface area contributed by atoms with Gasteiger partial charge in [-0.15, -0.1) is 0 Å². The van der Waals surface area contributed by atoms with Gasteiger partial charge in [0.1, 0.15) is 5.72 Å². The zero-order valence-corrected chi connectivity index (χ0v) is 13.6. The van der Waals surface area contributed by atoms with Gasteiger partial charge in [0, 0.05) is 5.56 Å². The van der Waals surface area contributed by atoms with Crippen LogP contribution in [0.4, 0.5) is 0 Å². The van der Waals surface area contributed by atoms with Crippen molar-refractivity contribution < 1.29 is 19.4 Å². The van der Waals surface area contributed by atoms with Gasteiger partial charge in [0.05, 0.1) is 6.61 Å². The number of carboxylic acid groups (broad SMARTS) is 1. The number of nitrogens with zero attached hydrogens (tertiary/aromatic N) is 1. The van der Waals surface area contributed by atoms with Crippen molar-refractivity contribution in [2.24, 2.45) is 5.92 Å². The minimum Gasteiger partial charge on any atom is -0.480 e. The number of rotatable bonds is 2. The van der Waals surface area contributed by atoms with E-state index in [-0.39, 0.29) is 12.5 Å². The lowest BCUT2D eigenvalue weighted by Crippen LogP contribution is -2.55. The van der Waals surface area contributed by atoms with Crippen LogP contribution in [0.25, 0.3) is 0 Å². The molecule has 1 aromatic rings. The third kappa shape index (κ3) is 2.74. The van der Waals surface area contributed by atoms with Crippen molar-refractivity contribution in [3.05, 3.63) is 35.4 Å². The highest BCUT2D eigenvalue weighted by Gasteiger charge is 2.53. The van der Waals surface area contributed by atoms with Crippen LogP contribution >= 0.6 is 0 Å². The van der Waals surface area contributed by atoms with Crippen molar-refractivity contribution >= 4 is 11.9 Å². The van der Waals surface area contributed by atoms with Crippen LogP contribution in [0.2, 0.25) is 0 Å². The number of ether oxygens (including phenoxy) is 1. The Kier molecular flexibility index (Phi) is 4.15. The summed E-state index contributed by atoms with van der Waals surface area (Å²) in [7, 11) is 0. The standard InChI is InChI=1S/C18H23NO4/c1-12-7-9-18(10-8-12)19(15(11-23-18)17(21)22)16(20)14-6-4-3-5-13(14)2/h3-6,12,15H,7-11H2,1-2H3,(H,21,22)/t12?,15-,18?/m1/s1. The van der Waals surface area contributed by atoms with Crippen molar-refractivity contribution in [3.63, 3.8) is 0 Å². The largest absolute Gasteiger partial charge is 0.480 e. The van der Waals surface area contributed by atoms with Crippen molar-refractivity contribution in [2.45, 2.75) is 51.3 Å². The van der Waals surface area contributed by atoms with Gasteiger partial charge in [0.2, 0.25) is 0 Å². The van der Waals surface area contributed by atoms with E-state index in [0.717, 1.165) is 18.4 Å². The van der Waals surface area contributed by atoms with Crippen LogP contribution < -0.4 is 0 Å². The SMILES string of the molecule is Cc1ccccc1C(=O)N1[C@@H](C(=O)O)COC12CCC(C)CC2. The van der Waals surface area contributed by atoms with E-state index in [0.29, 0.717) is 24.3 Å². The molecule has 0 bridgehead atoms. The summed E-state index contributed by atoms with van der Waals surface area (Å²) in [6.45, 7) is 4.13. The molecule has 5 nitrogen and oxygen atoms in total. The minimum absolute atomic E-state index is 0.0708. The maximum atomic E-state index is 13.1. The van der Waals surface area contributed by atoms with Crippen LogP contribution in [-0.2, 0) is 9.53 Å². The number of benzene rings is 1. The lowest BCUT2D eigenvalue weighted by Gasteiger charge is -2.42. The quantitative estimate of drug-likeness (QED) is 0.911. The number of aliphatic carboxylic acids is 1. The summed E-state index contributed by atoms with van der Waals surface area (Å²) in [6.07, 6.45) is 3.30. The molecule has 2 aliphatic rings. The minimum atomic E-state index is -0.998. The molecule has 0 radical (unpaired) electrons. The second-order valence-electron chi connectivity index (χ2n) is 6.78. The van der Waals surface area contributed by atoms with E-state index < -0.39 is 17.7 Å². The average Bonchev–Trinajstić information content (AvgIpc) is 2.90. The number of hydrogen-bond acceptors (Lipinski definition) is 3. The molecule has 1 saturated heterocycles. The molecule has 1 amide bonds. The highest BCUT2D eigenvalue weighted by molar-refractivity contribution is 5.98. The van der Waals surface area contributed by atoms with Gasteiger partial charge in [-0.2, -0.15) is 0 Å². The van der Waals surface area contributed by atoms with Crippen molar-refractivity contribution in [1.82, 2.24) is 4.90 Å². The number of amides is 1. The van der Waals surface area contributed by atoms with Crippen LogP contribution in [0.5, 0.6) is 0 Å². The van der Waals surface area contributed by atoms with Crippen LogP contribution in [0.3, 0.4) is 0 Å². The van der Waals surface area contributed by atoms with Gasteiger partial charge in [0.25, 0.3) is 5.91 Å². The van der Waals surface area contributed by atoms with Gasteiger partial charge in [-0.1, -0.05) is 25.1 Å². The van der Waals surface area contributed by atoms with Crippen molar-refractivity contribution in [2.75, 3.05) is 6.61 Å². The predicted molar refractivity (Wildman–Crippen MR) is 85.1 cm³/mol. The van der Waals surface area contributed by atoms with E-state index in [1.165, 1.54) is 4.90 Å². The van der Waals surface area contributed by atoms with Gasteiger partial charge in [0.15, 0.2) is 6.04 Å². The van der Waals surface area contributed by atoms with Gasteiger partial charge >= 0.3 is 5.97 Å². The van der Waals surface area contributed by atoms with E-state index in [9.17, 15) is 14.7 Å². The highest BCUT2D eigenvalue weighted by Crippen LogP contribution is 2.43. The Labute approximate surface area is 136 Å². The third-order valence-corrected chi connectivity index (χ3v) is 5.20. The molecular formula is C18H23NO4. The topological polar surface area (TPSA) is 66.8 Å². The Bertz CT molecular complexity index is 619. The molecule has 23 heavy (non-hydrogen) atoms. The fraction of sp³-hybridized carbons (Fsp3) is 0.556. The van der Waals surface area contributed by atoms with Crippen LogP contribution in [0.15, 0.2) is 24.3 Å². The predicted octanol–water partition coefficient (Wildman–Crippen LogP) is 2.83. The van der Waals surface area contributed by atoms with E-state index in [4.69, 9.17) is 4.74 Å². The first-order chi connectivity index (χ1) is 10.9. The Morgan fingerprint density at radius 3 is 2.52 bits per heavy atom. The van der Waals surface area contributed by atoms with Crippen LogP contribution in [-0.4, -0.2) is 40.3 Å². The fourth-order valence-electron chi connectivity index (χ4n) is 3.71. The summed E-state index contributed by atoms with van der Waals surface area (Å²) < 4.78 is 5.92. The summed E-state index contributed by atoms with van der Waals surface area (Å²) in [5.74, 6) is -0.645. The van der Waals surface area contributed by atoms with Crippen molar-refractivity contribution in [1.29, 1.82) is 0 Å². The van der Waals surface area contributed by atoms with E-state index in [2.05, 4.69) is 6.92 Å². The molecule has 1 aliphatic heterocycles. The van der Waals surface area contributed by atoms with Gasteiger partial charge in [-0.25, -0.2) is 4.79 Å². The van der Waals surface area contributed by atoms with Crippen LogP contribution in [0, 0.1) is 12.8 Å². The lowest BCUT2D eigenvalue weighted by molar-refractivity contribution is -0.143. The number of carbonyl (C=O) groups excluding carboxylic acids is 1. The fourth-order valence-corrected chi connectivity index (χ4v) is 3.71. The first-order valence-electron chi connectivity index (χ1n) is 8.21. The molecule has 1 saturated carbocycles. The maximum Gasteiger partial charge on any atom is 0.328 e. The number of aryl methyl sites for hydroxylation is 1. The summed E-state index contributed by atoms with van der Waals surface area (Å²) in [5.41, 5.74) is 0.657. The monoisotopic (exact) mass is 317 g/mol.